The summed E-state index contributed by atoms with van der Waals surface area (Å²) < 4.78 is 47.7. The van der Waals surface area contributed by atoms with E-state index in [4.69, 9.17) is 10.5 Å². The molecule has 8 rings (SSSR count). The van der Waals surface area contributed by atoms with Crippen LogP contribution in [0.15, 0.2) is 103 Å². The van der Waals surface area contributed by atoms with Gasteiger partial charge in [0.25, 0.3) is 11.8 Å². The van der Waals surface area contributed by atoms with Gasteiger partial charge in [0.1, 0.15) is 18.1 Å². The number of imide groups is 1. The maximum atomic E-state index is 14.9. The monoisotopic (exact) mass is 1180 g/mol. The smallest absolute Gasteiger partial charge is 0.376 e. The van der Waals surface area contributed by atoms with Crippen molar-refractivity contribution < 1.29 is 66.2 Å². The van der Waals surface area contributed by atoms with E-state index in [9.17, 15) is 61.5 Å². The second-order valence-corrected chi connectivity index (χ2v) is 23.9. The van der Waals surface area contributed by atoms with E-state index in [1.54, 1.807) is 12.1 Å². The molecule has 0 spiro atoms. The van der Waals surface area contributed by atoms with E-state index in [0.717, 1.165) is 59.4 Å². The van der Waals surface area contributed by atoms with Crippen LogP contribution in [0.2, 0.25) is 0 Å². The van der Waals surface area contributed by atoms with Gasteiger partial charge in [-0.25, -0.2) is 0 Å². The van der Waals surface area contributed by atoms with Crippen molar-refractivity contribution in [1.29, 1.82) is 0 Å². The molecule has 3 aliphatic heterocycles. The van der Waals surface area contributed by atoms with Gasteiger partial charge < -0.3 is 40.7 Å². The average Bonchev–Trinajstić information content (AvgIpc) is 4.37. The lowest BCUT2D eigenvalue weighted by Crippen LogP contribution is -2.55. The Labute approximate surface area is 483 Å². The molecule has 0 saturated carbocycles. The van der Waals surface area contributed by atoms with E-state index in [0.29, 0.717) is 41.5 Å². The zero-order chi connectivity index (χ0) is 59.4. The van der Waals surface area contributed by atoms with Crippen molar-refractivity contribution >= 4 is 76.2 Å². The fraction of sp³-hybridized carbons (Fsp3) is 0.410. The highest BCUT2D eigenvalue weighted by atomic mass is 32.1. The van der Waals surface area contributed by atoms with E-state index in [1.807, 2.05) is 73.7 Å². The number of hydrogen-bond acceptors (Lipinski definition) is 11. The van der Waals surface area contributed by atoms with Crippen LogP contribution in [0.4, 0.5) is 8.78 Å². The first-order valence-corrected chi connectivity index (χ1v) is 30.3. The van der Waals surface area contributed by atoms with Crippen molar-refractivity contribution in [3.8, 4) is 11.8 Å². The van der Waals surface area contributed by atoms with Gasteiger partial charge in [-0.2, -0.15) is 8.78 Å². The first-order valence-electron chi connectivity index (χ1n) is 27.9. The number of ether oxygens (including phenoxy) is 1. The van der Waals surface area contributed by atoms with Crippen molar-refractivity contribution in [2.24, 2.45) is 5.73 Å². The van der Waals surface area contributed by atoms with Crippen LogP contribution in [0.1, 0.15) is 151 Å². The molecule has 0 aliphatic carbocycles. The highest BCUT2D eigenvalue weighted by molar-refractivity contribution is 7.52. The zero-order valence-electron chi connectivity index (χ0n) is 45.9. The van der Waals surface area contributed by atoms with Crippen LogP contribution in [-0.4, -0.2) is 110 Å². The van der Waals surface area contributed by atoms with E-state index in [2.05, 4.69) is 27.8 Å². The number of nitrogens with zero attached hydrogens (tertiary/aromatic N) is 2. The Morgan fingerprint density at radius 3 is 2.27 bits per heavy atom. The fourth-order valence-electron chi connectivity index (χ4n) is 10.8. The number of ketones is 1. The van der Waals surface area contributed by atoms with Crippen molar-refractivity contribution in [3.63, 3.8) is 0 Å². The number of carbonyl (C=O) groups is 8. The quantitative estimate of drug-likeness (QED) is 0.0135. The minimum absolute atomic E-state index is 0.0344. The molecule has 1 aromatic heterocycles. The lowest BCUT2D eigenvalue weighted by molar-refractivity contribution is -0.141. The van der Waals surface area contributed by atoms with Crippen LogP contribution in [0.5, 0.6) is 0 Å². The number of halogens is 2. The number of fused-ring (bicyclic) bond motifs is 2. The van der Waals surface area contributed by atoms with Crippen LogP contribution < -0.4 is 21.7 Å². The highest BCUT2D eigenvalue weighted by Crippen LogP contribution is 2.59. The molecule has 83 heavy (non-hydrogen) atoms. The Morgan fingerprint density at radius 1 is 0.880 bits per heavy atom. The number of unbranched alkanes of at least 4 members (excludes halogenated alkanes) is 5. The number of Topliss-reactive ketones (excluding diaryl/α,β-unsaturated/α-hetero) is 1. The molecular weight excluding hydrogens is 1110 g/mol. The van der Waals surface area contributed by atoms with Crippen LogP contribution in [0.3, 0.4) is 0 Å². The minimum Gasteiger partial charge on any atom is -0.376 e. The van der Waals surface area contributed by atoms with Gasteiger partial charge in [0, 0.05) is 79.1 Å². The summed E-state index contributed by atoms with van der Waals surface area (Å²) in [7, 11) is -5.88. The van der Waals surface area contributed by atoms with Crippen molar-refractivity contribution in [1.82, 2.24) is 25.8 Å². The number of rotatable bonds is 26. The van der Waals surface area contributed by atoms with E-state index in [1.165, 1.54) is 21.9 Å². The minimum atomic E-state index is -5.88. The molecule has 1 unspecified atom stereocenters. The summed E-state index contributed by atoms with van der Waals surface area (Å²) in [5, 5.41) is 8.11. The van der Waals surface area contributed by atoms with Crippen molar-refractivity contribution in [2.75, 3.05) is 13.2 Å². The Bertz CT molecular complexity index is 3310. The van der Waals surface area contributed by atoms with Gasteiger partial charge in [0.2, 0.25) is 29.5 Å². The van der Waals surface area contributed by atoms with Gasteiger partial charge >= 0.3 is 13.3 Å². The largest absolute Gasteiger partial charge is 0.399 e. The Balaban J connectivity index is 0.941. The van der Waals surface area contributed by atoms with E-state index >= 15 is 0 Å². The molecule has 5 atom stereocenters. The Kier molecular flexibility index (Phi) is 20.6. The number of carbonyl (C=O) groups excluding carboxylic acids is 8. The van der Waals surface area contributed by atoms with Crippen LogP contribution in [0.25, 0.3) is 10.1 Å². The average molecular weight is 1180 g/mol. The number of hydrogen-bond donors (Lipinski definition) is 6. The van der Waals surface area contributed by atoms with Gasteiger partial charge in [-0.3, -0.25) is 48.2 Å². The summed E-state index contributed by atoms with van der Waals surface area (Å²) in [6, 6.07) is 24.2. The first kappa shape index (κ1) is 61.6. The zero-order valence-corrected chi connectivity index (χ0v) is 47.6. The lowest BCUT2D eigenvalue weighted by atomic mass is 9.85. The van der Waals surface area contributed by atoms with E-state index < -0.39 is 84.5 Å². The standard InChI is InChI=1S/C61H67F2N6O12PS/c1-2-3-24-48(66-58(75)53-33-41-32-42(25-28-52(41)83-53)61(62,63)82(78,79)80)60(77)68-36-43(34-50(68)57(74)65-47(26-29-54(64)71)51(70)35-45(38-17-11-8-12-18-38)39-19-13-9-14-20-39)81-31-15-7-5-4-6-10-21-40-22-16-23-44-46(40)37-69(59(44)76)49-27-30-55(72)67-56(49)73/h8-9,11-14,16-20,22-23,25,28,32-33,43,45,47-50H,2-7,15,24,26-27,29-31,34-37H2,1H3,(H2,64,71)(H,65,74)(H,66,75)(H,67,72,73)(H2,78,79,80)/t43-,47+,48+,49?,50+/m1/s1. The summed E-state index contributed by atoms with van der Waals surface area (Å²) in [6.45, 7) is 2.35. The molecule has 3 aliphatic rings. The van der Waals surface area contributed by atoms with E-state index in [-0.39, 0.29) is 92.5 Å². The Morgan fingerprint density at radius 2 is 1.59 bits per heavy atom. The number of amides is 7. The normalized spacial score (nSPS) is 17.9. The molecule has 5 aromatic rings. The van der Waals surface area contributed by atoms with Gasteiger partial charge in [-0.05, 0) is 84.5 Å². The molecule has 2 fully saturated rings. The summed E-state index contributed by atoms with van der Waals surface area (Å²) in [5.74, 6) is 1.87. The fourth-order valence-corrected chi connectivity index (χ4v) is 12.2. The summed E-state index contributed by atoms with van der Waals surface area (Å²) >= 11 is 0.930. The third-order valence-corrected chi connectivity index (χ3v) is 17.4. The number of piperidine rings is 1. The predicted octanol–water partition coefficient (Wildman–Crippen LogP) is 7.71. The van der Waals surface area contributed by atoms with Gasteiger partial charge in [-0.1, -0.05) is 117 Å². The third kappa shape index (κ3) is 15.2. The highest BCUT2D eigenvalue weighted by Gasteiger charge is 2.50. The molecule has 0 radical (unpaired) electrons. The molecule has 22 heteroatoms. The third-order valence-electron chi connectivity index (χ3n) is 15.3. The maximum Gasteiger partial charge on any atom is 0.399 e. The first-order chi connectivity index (χ1) is 39.7. The number of alkyl halides is 2. The second-order valence-electron chi connectivity index (χ2n) is 21.2. The molecule has 7 N–H and O–H groups in total. The van der Waals surface area contributed by atoms with Gasteiger partial charge in [-0.15, -0.1) is 11.3 Å². The predicted molar refractivity (Wildman–Crippen MR) is 306 cm³/mol. The van der Waals surface area contributed by atoms with Gasteiger partial charge in [0.05, 0.1) is 17.0 Å². The summed E-state index contributed by atoms with van der Waals surface area (Å²) in [4.78, 5) is 129. The SMILES string of the molecule is CCCC[C@H](NC(=O)c1cc2cc(C(F)(F)P(=O)(O)O)ccc2s1)C(=O)N1C[C@H](OCCCCCCC#Cc2cccc3c2CN(C2CCC(=O)NC2=O)C3=O)C[C@H]1C(=O)N[C@@H](CCC(N)=O)C(=O)CC(c1ccccc1)c1ccccc1. The topological polar surface area (TPSA) is 272 Å². The molecule has 4 heterocycles. The second kappa shape index (κ2) is 27.7. The number of nitrogens with one attached hydrogen (secondary N) is 3. The van der Waals surface area contributed by atoms with Crippen LogP contribution >= 0.6 is 18.9 Å². The number of nitrogens with two attached hydrogens (primary N) is 1. The molecule has 0 bridgehead atoms. The number of benzene rings is 4. The lowest BCUT2D eigenvalue weighted by Gasteiger charge is -2.30. The maximum absolute atomic E-state index is 14.9. The number of primary amides is 1. The van der Waals surface area contributed by atoms with Crippen LogP contribution in [0, 0.1) is 11.8 Å². The molecule has 18 nitrogen and oxygen atoms in total. The summed E-state index contributed by atoms with van der Waals surface area (Å²) in [6.07, 6.45) is 4.27. The number of thiophene rings is 1. The van der Waals surface area contributed by atoms with Crippen molar-refractivity contribution in [2.45, 2.75) is 145 Å². The van der Waals surface area contributed by atoms with Gasteiger partial charge in [0.15, 0.2) is 5.78 Å². The molecular formula is C61H67F2N6O12PS. The molecule has 2 saturated heterocycles. The number of likely N-dealkylation sites (tertiary alicyclic amines) is 1. The Hall–Kier alpha value is -7.47. The molecule has 7 amide bonds. The molecule has 4 aromatic carbocycles. The van der Waals surface area contributed by atoms with Crippen LogP contribution in [-0.2, 0) is 50.3 Å². The molecule has 438 valence electrons. The summed E-state index contributed by atoms with van der Waals surface area (Å²) in [5.41, 5.74) is 3.84. The van der Waals surface area contributed by atoms with Crippen molar-refractivity contribution in [3.05, 3.63) is 141 Å².